The van der Waals surface area contributed by atoms with Gasteiger partial charge < -0.3 is 20.4 Å². The molecule has 1 aliphatic carbocycles. The molecule has 4 N–H and O–H groups in total. The van der Waals surface area contributed by atoms with Crippen molar-refractivity contribution in [2.45, 2.75) is 12.8 Å². The number of Topliss-reactive ketones (excluding diaryl/α,β-unsaturated/α-hetero) is 1. The van der Waals surface area contributed by atoms with Crippen LogP contribution in [-0.2, 0) is 4.79 Å². The van der Waals surface area contributed by atoms with Gasteiger partial charge in [-0.3, -0.25) is 4.79 Å². The van der Waals surface area contributed by atoms with Crippen LogP contribution in [0.2, 0.25) is 0 Å². The van der Waals surface area contributed by atoms with Crippen molar-refractivity contribution >= 4 is 17.9 Å². The van der Waals surface area contributed by atoms with Gasteiger partial charge in [-0.1, -0.05) is 12.1 Å². The highest BCUT2D eigenvalue weighted by Gasteiger charge is 2.23. The second-order valence-corrected chi connectivity index (χ2v) is 5.66. The van der Waals surface area contributed by atoms with Gasteiger partial charge in [-0.15, -0.1) is 0 Å². The molecule has 0 atom stereocenters. The number of rotatable bonds is 2. The number of hydrogen-bond donors (Lipinski definition) is 4. The van der Waals surface area contributed by atoms with E-state index in [1.165, 1.54) is 24.3 Å². The fraction of sp³-hybridized carbons (Fsp3) is 0.105. The first kappa shape index (κ1) is 15.7. The number of aromatic hydroxyl groups is 4. The van der Waals surface area contributed by atoms with Crippen LogP contribution in [0.1, 0.15) is 24.0 Å². The van der Waals surface area contributed by atoms with Gasteiger partial charge in [0.2, 0.25) is 0 Å². The van der Waals surface area contributed by atoms with Crippen LogP contribution in [0, 0.1) is 0 Å². The van der Waals surface area contributed by atoms with E-state index in [4.69, 9.17) is 0 Å². The Morgan fingerprint density at radius 1 is 0.667 bits per heavy atom. The summed E-state index contributed by atoms with van der Waals surface area (Å²) in [4.78, 5) is 12.5. The third-order valence-electron chi connectivity index (χ3n) is 3.93. The molecular formula is C19H16O5. The summed E-state index contributed by atoms with van der Waals surface area (Å²) in [7, 11) is 0. The largest absolute Gasteiger partial charge is 0.504 e. The molecule has 1 saturated carbocycles. The molecule has 0 spiro atoms. The fourth-order valence-electron chi connectivity index (χ4n) is 2.64. The minimum Gasteiger partial charge on any atom is -0.504 e. The molecule has 0 radical (unpaired) electrons. The van der Waals surface area contributed by atoms with Gasteiger partial charge in [0.05, 0.1) is 0 Å². The molecule has 0 unspecified atom stereocenters. The number of carbonyl (C=O) groups excluding carboxylic acids is 1. The summed E-state index contributed by atoms with van der Waals surface area (Å²) in [5.74, 6) is -0.962. The standard InChI is InChI=1S/C19H16O5/c20-15-5-1-11(9-17(15)22)7-13-3-4-14(19(13)24)8-12-2-6-16(21)18(23)10-12/h1-2,5-10,20-23H,3-4H2/b13-7+,14-8+. The lowest BCUT2D eigenvalue weighted by Crippen LogP contribution is -1.95. The highest BCUT2D eigenvalue weighted by Crippen LogP contribution is 2.33. The predicted octanol–water partition coefficient (Wildman–Crippen LogP) is 3.34. The monoisotopic (exact) mass is 324 g/mol. The van der Waals surface area contributed by atoms with Gasteiger partial charge in [0.15, 0.2) is 28.8 Å². The quantitative estimate of drug-likeness (QED) is 0.502. The lowest BCUT2D eigenvalue weighted by molar-refractivity contribution is -0.111. The number of hydrogen-bond acceptors (Lipinski definition) is 5. The second kappa shape index (κ2) is 6.12. The average Bonchev–Trinajstić information content (AvgIpc) is 2.88. The zero-order valence-corrected chi connectivity index (χ0v) is 12.7. The first-order valence-corrected chi connectivity index (χ1v) is 7.44. The van der Waals surface area contributed by atoms with Gasteiger partial charge in [0, 0.05) is 11.1 Å². The molecule has 24 heavy (non-hydrogen) atoms. The summed E-state index contributed by atoms with van der Waals surface area (Å²) in [5.41, 5.74) is 2.51. The minimum absolute atomic E-state index is 0.0878. The van der Waals surface area contributed by atoms with Crippen molar-refractivity contribution in [3.05, 3.63) is 58.7 Å². The van der Waals surface area contributed by atoms with Crippen LogP contribution in [0.25, 0.3) is 12.2 Å². The van der Waals surface area contributed by atoms with E-state index in [0.717, 1.165) is 0 Å². The normalized spacial score (nSPS) is 17.8. The summed E-state index contributed by atoms with van der Waals surface area (Å²) in [6, 6.07) is 8.78. The maximum absolute atomic E-state index is 12.5. The van der Waals surface area contributed by atoms with Crippen molar-refractivity contribution < 1.29 is 25.2 Å². The Balaban J connectivity index is 1.86. The van der Waals surface area contributed by atoms with Crippen LogP contribution >= 0.6 is 0 Å². The molecule has 1 aliphatic rings. The molecule has 5 heteroatoms. The first-order chi connectivity index (χ1) is 11.4. The van der Waals surface area contributed by atoms with E-state index < -0.39 is 0 Å². The highest BCUT2D eigenvalue weighted by molar-refractivity contribution is 6.15. The van der Waals surface area contributed by atoms with Crippen LogP contribution < -0.4 is 0 Å². The maximum atomic E-state index is 12.5. The number of ketones is 1. The van der Waals surface area contributed by atoms with Gasteiger partial charge in [0.1, 0.15) is 0 Å². The summed E-state index contributed by atoms with van der Waals surface area (Å²) < 4.78 is 0. The van der Waals surface area contributed by atoms with Crippen molar-refractivity contribution in [3.63, 3.8) is 0 Å². The van der Waals surface area contributed by atoms with Crippen LogP contribution in [0.5, 0.6) is 23.0 Å². The number of carbonyl (C=O) groups is 1. The number of benzene rings is 2. The summed E-state index contributed by atoms with van der Waals surface area (Å²) in [6.07, 6.45) is 4.54. The number of phenolic OH excluding ortho intramolecular Hbond substituents is 4. The SMILES string of the molecule is O=C1/C(=C/c2ccc(O)c(O)c2)CC/C1=C\c1ccc(O)c(O)c1. The topological polar surface area (TPSA) is 98.0 Å². The van der Waals surface area contributed by atoms with Crippen LogP contribution in [0.3, 0.4) is 0 Å². The molecule has 0 aromatic heterocycles. The third-order valence-corrected chi connectivity index (χ3v) is 3.93. The molecule has 3 rings (SSSR count). The highest BCUT2D eigenvalue weighted by atomic mass is 16.3. The fourth-order valence-corrected chi connectivity index (χ4v) is 2.64. The Morgan fingerprint density at radius 3 is 1.46 bits per heavy atom. The molecule has 2 aromatic rings. The van der Waals surface area contributed by atoms with Crippen molar-refractivity contribution in [1.29, 1.82) is 0 Å². The average molecular weight is 324 g/mol. The van der Waals surface area contributed by atoms with Crippen molar-refractivity contribution in [3.8, 4) is 23.0 Å². The second-order valence-electron chi connectivity index (χ2n) is 5.66. The first-order valence-electron chi connectivity index (χ1n) is 7.44. The van der Waals surface area contributed by atoms with Gasteiger partial charge in [0.25, 0.3) is 0 Å². The predicted molar refractivity (Wildman–Crippen MR) is 89.7 cm³/mol. The molecule has 0 heterocycles. The Bertz CT molecular complexity index is 806. The van der Waals surface area contributed by atoms with Crippen LogP contribution in [0.4, 0.5) is 0 Å². The van der Waals surface area contributed by atoms with Crippen molar-refractivity contribution in [1.82, 2.24) is 0 Å². The molecule has 1 fully saturated rings. The zero-order valence-electron chi connectivity index (χ0n) is 12.7. The number of allylic oxidation sites excluding steroid dienone is 2. The van der Waals surface area contributed by atoms with E-state index in [1.807, 2.05) is 0 Å². The van der Waals surface area contributed by atoms with E-state index in [0.29, 0.717) is 35.1 Å². The summed E-state index contributed by atoms with van der Waals surface area (Å²) in [6.45, 7) is 0. The van der Waals surface area contributed by atoms with Gasteiger partial charge in [-0.05, 0) is 60.4 Å². The smallest absolute Gasteiger partial charge is 0.185 e. The molecule has 122 valence electrons. The molecular weight excluding hydrogens is 308 g/mol. The molecule has 2 aromatic carbocycles. The lowest BCUT2D eigenvalue weighted by atomic mass is 10.1. The van der Waals surface area contributed by atoms with Crippen molar-refractivity contribution in [2.75, 3.05) is 0 Å². The number of phenols is 4. The Morgan fingerprint density at radius 2 is 1.08 bits per heavy atom. The third kappa shape index (κ3) is 3.10. The minimum atomic E-state index is -0.231. The lowest BCUT2D eigenvalue weighted by Gasteiger charge is -2.01. The Hall–Kier alpha value is -3.21. The molecule has 0 bridgehead atoms. The molecule has 0 amide bonds. The van der Waals surface area contributed by atoms with Crippen LogP contribution in [-0.4, -0.2) is 26.2 Å². The van der Waals surface area contributed by atoms with Crippen LogP contribution in [0.15, 0.2) is 47.5 Å². The van der Waals surface area contributed by atoms with E-state index >= 15 is 0 Å². The summed E-state index contributed by atoms with van der Waals surface area (Å²) >= 11 is 0. The maximum Gasteiger partial charge on any atom is 0.185 e. The molecule has 0 saturated heterocycles. The van der Waals surface area contributed by atoms with E-state index in [2.05, 4.69) is 0 Å². The molecule has 0 aliphatic heterocycles. The van der Waals surface area contributed by atoms with E-state index in [-0.39, 0.29) is 28.8 Å². The Kier molecular flexibility index (Phi) is 4.00. The van der Waals surface area contributed by atoms with Gasteiger partial charge in [-0.2, -0.15) is 0 Å². The Labute approximate surface area is 138 Å². The van der Waals surface area contributed by atoms with Gasteiger partial charge >= 0.3 is 0 Å². The van der Waals surface area contributed by atoms with E-state index in [1.54, 1.807) is 24.3 Å². The van der Waals surface area contributed by atoms with Crippen molar-refractivity contribution in [2.24, 2.45) is 0 Å². The van der Waals surface area contributed by atoms with Gasteiger partial charge in [-0.25, -0.2) is 0 Å². The van der Waals surface area contributed by atoms with E-state index in [9.17, 15) is 25.2 Å². The zero-order chi connectivity index (χ0) is 17.3. The molecule has 5 nitrogen and oxygen atoms in total. The summed E-state index contributed by atoms with van der Waals surface area (Å²) in [5, 5.41) is 37.7.